The highest BCUT2D eigenvalue weighted by molar-refractivity contribution is 7.15. The van der Waals surface area contributed by atoms with Crippen LogP contribution >= 0.6 is 34.5 Å². The Kier molecular flexibility index (Phi) is 3.19. The first-order valence-electron chi connectivity index (χ1n) is 3.97. The number of halogens is 5. The van der Waals surface area contributed by atoms with E-state index in [1.165, 1.54) is 0 Å². The predicted octanol–water partition coefficient (Wildman–Crippen LogP) is 3.32. The number of alkyl halides is 3. The molecular weight excluding hydrogens is 300 g/mol. The van der Waals surface area contributed by atoms with E-state index >= 15 is 0 Å². The lowest BCUT2D eigenvalue weighted by molar-refractivity contribution is -0.137. The maximum Gasteiger partial charge on any atom is 0.443 e. The van der Waals surface area contributed by atoms with Crippen LogP contribution in [0.5, 0.6) is 0 Å². The zero-order valence-electron chi connectivity index (χ0n) is 7.66. The second kappa shape index (κ2) is 4.35. The quantitative estimate of drug-likeness (QED) is 0.810. The van der Waals surface area contributed by atoms with Gasteiger partial charge >= 0.3 is 6.18 Å². The molecular formula is C7HCl2F3N4S. The lowest BCUT2D eigenvalue weighted by Crippen LogP contribution is -2.02. The van der Waals surface area contributed by atoms with Gasteiger partial charge in [-0.3, -0.25) is 0 Å². The SMILES string of the molecule is FC(F)(F)c1ncc(-c2nc(Cl)nc(Cl)n2)s1. The van der Waals surface area contributed by atoms with Gasteiger partial charge < -0.3 is 0 Å². The number of rotatable bonds is 1. The summed E-state index contributed by atoms with van der Waals surface area (Å²) in [5.74, 6) is -0.0389. The smallest absolute Gasteiger partial charge is 0.240 e. The van der Waals surface area contributed by atoms with E-state index in [-0.39, 0.29) is 21.3 Å². The van der Waals surface area contributed by atoms with Crippen LogP contribution in [0.1, 0.15) is 5.01 Å². The van der Waals surface area contributed by atoms with Gasteiger partial charge in [0.25, 0.3) is 0 Å². The van der Waals surface area contributed by atoms with Crippen molar-refractivity contribution in [2.45, 2.75) is 6.18 Å². The Bertz CT molecular complexity index is 536. The lowest BCUT2D eigenvalue weighted by Gasteiger charge is -1.99. The molecule has 0 saturated carbocycles. The van der Waals surface area contributed by atoms with Gasteiger partial charge in [-0.25, -0.2) is 4.98 Å². The molecule has 90 valence electrons. The normalized spacial score (nSPS) is 11.8. The van der Waals surface area contributed by atoms with Crippen LogP contribution in [0.2, 0.25) is 10.6 Å². The average Bonchev–Trinajstić information content (AvgIpc) is 2.63. The number of nitrogens with zero attached hydrogens (tertiary/aromatic N) is 4. The summed E-state index contributed by atoms with van der Waals surface area (Å²) in [7, 11) is 0. The standard InChI is InChI=1S/C7HCl2F3N4S/c8-5-14-3(15-6(9)16-5)2-1-13-4(17-2)7(10,11)12/h1H. The first-order chi connectivity index (χ1) is 7.86. The molecule has 10 heteroatoms. The molecule has 0 aliphatic heterocycles. The molecule has 0 fully saturated rings. The highest BCUT2D eigenvalue weighted by Crippen LogP contribution is 2.35. The molecule has 2 aromatic rings. The molecule has 0 aliphatic carbocycles. The zero-order chi connectivity index (χ0) is 12.6. The molecule has 0 N–H and O–H groups in total. The summed E-state index contributed by atoms with van der Waals surface area (Å²) >= 11 is 11.4. The highest BCUT2D eigenvalue weighted by Gasteiger charge is 2.35. The molecule has 2 heterocycles. The summed E-state index contributed by atoms with van der Waals surface area (Å²) < 4.78 is 37.0. The zero-order valence-corrected chi connectivity index (χ0v) is 9.99. The number of aromatic nitrogens is 4. The molecule has 0 unspecified atom stereocenters. The number of thiazole rings is 1. The van der Waals surface area contributed by atoms with Crippen LogP contribution in [0, 0.1) is 0 Å². The third kappa shape index (κ3) is 2.82. The third-order valence-electron chi connectivity index (χ3n) is 1.55. The Balaban J connectivity index is 2.44. The Morgan fingerprint density at radius 3 is 2.12 bits per heavy atom. The molecule has 0 aromatic carbocycles. The Hall–Kier alpha value is -0.990. The lowest BCUT2D eigenvalue weighted by atomic mass is 10.5. The first kappa shape index (κ1) is 12.5. The van der Waals surface area contributed by atoms with E-state index in [0.717, 1.165) is 6.20 Å². The minimum atomic E-state index is -4.50. The van der Waals surface area contributed by atoms with Gasteiger partial charge in [0.05, 0.1) is 4.88 Å². The Morgan fingerprint density at radius 1 is 1.06 bits per heavy atom. The Labute approximate surface area is 106 Å². The van der Waals surface area contributed by atoms with E-state index in [1.807, 2.05) is 0 Å². The van der Waals surface area contributed by atoms with Gasteiger partial charge in [0.15, 0.2) is 10.8 Å². The van der Waals surface area contributed by atoms with Crippen LogP contribution in [0.4, 0.5) is 13.2 Å². The molecule has 0 bridgehead atoms. The van der Waals surface area contributed by atoms with Crippen molar-refractivity contribution >= 4 is 34.5 Å². The van der Waals surface area contributed by atoms with E-state index in [9.17, 15) is 13.2 Å². The minimum Gasteiger partial charge on any atom is -0.240 e. The van der Waals surface area contributed by atoms with E-state index < -0.39 is 11.2 Å². The molecule has 0 saturated heterocycles. The van der Waals surface area contributed by atoms with Crippen molar-refractivity contribution in [3.05, 3.63) is 21.8 Å². The summed E-state index contributed by atoms with van der Waals surface area (Å²) in [4.78, 5) is 14.2. The largest absolute Gasteiger partial charge is 0.443 e. The van der Waals surface area contributed by atoms with Crippen LogP contribution in [0.3, 0.4) is 0 Å². The van der Waals surface area contributed by atoms with Crippen molar-refractivity contribution < 1.29 is 13.2 Å². The van der Waals surface area contributed by atoms with Crippen LogP contribution in [0.25, 0.3) is 10.7 Å². The van der Waals surface area contributed by atoms with E-state index in [2.05, 4.69) is 19.9 Å². The number of hydrogen-bond donors (Lipinski definition) is 0. The highest BCUT2D eigenvalue weighted by atomic mass is 35.5. The van der Waals surface area contributed by atoms with Crippen LogP contribution in [-0.4, -0.2) is 19.9 Å². The fourth-order valence-corrected chi connectivity index (χ4v) is 2.03. The Morgan fingerprint density at radius 2 is 1.65 bits per heavy atom. The summed E-state index contributed by atoms with van der Waals surface area (Å²) in [5.41, 5.74) is 0. The summed E-state index contributed by atoms with van der Waals surface area (Å²) in [6.45, 7) is 0. The summed E-state index contributed by atoms with van der Waals surface area (Å²) in [6, 6.07) is 0. The van der Waals surface area contributed by atoms with Crippen molar-refractivity contribution in [3.63, 3.8) is 0 Å². The van der Waals surface area contributed by atoms with Crippen LogP contribution < -0.4 is 0 Å². The van der Waals surface area contributed by atoms with Gasteiger partial charge in [0.1, 0.15) is 0 Å². The molecule has 4 nitrogen and oxygen atoms in total. The maximum atomic E-state index is 12.3. The molecule has 2 rings (SSSR count). The van der Waals surface area contributed by atoms with Crippen LogP contribution in [-0.2, 0) is 6.18 Å². The first-order valence-corrected chi connectivity index (χ1v) is 5.54. The molecule has 2 aromatic heterocycles. The van der Waals surface area contributed by atoms with Crippen molar-refractivity contribution in [3.8, 4) is 10.7 Å². The van der Waals surface area contributed by atoms with Gasteiger partial charge in [-0.15, -0.1) is 11.3 Å². The average molecular weight is 301 g/mol. The maximum absolute atomic E-state index is 12.3. The minimum absolute atomic E-state index is 0.0389. The molecule has 0 aliphatic rings. The second-order valence-electron chi connectivity index (χ2n) is 2.72. The van der Waals surface area contributed by atoms with E-state index in [1.54, 1.807) is 0 Å². The number of hydrogen-bond acceptors (Lipinski definition) is 5. The van der Waals surface area contributed by atoms with Crippen molar-refractivity contribution in [2.75, 3.05) is 0 Å². The third-order valence-corrected chi connectivity index (χ3v) is 2.93. The molecule has 0 atom stereocenters. The van der Waals surface area contributed by atoms with E-state index in [0.29, 0.717) is 11.3 Å². The van der Waals surface area contributed by atoms with Crippen LogP contribution in [0.15, 0.2) is 6.20 Å². The van der Waals surface area contributed by atoms with Gasteiger partial charge in [-0.1, -0.05) is 0 Å². The van der Waals surface area contributed by atoms with Gasteiger partial charge in [-0.05, 0) is 23.2 Å². The van der Waals surface area contributed by atoms with Gasteiger partial charge in [0, 0.05) is 6.20 Å². The molecule has 0 amide bonds. The fourth-order valence-electron chi connectivity index (χ4n) is 0.945. The van der Waals surface area contributed by atoms with Crippen molar-refractivity contribution in [2.24, 2.45) is 0 Å². The second-order valence-corrected chi connectivity index (χ2v) is 4.43. The molecule has 17 heavy (non-hydrogen) atoms. The van der Waals surface area contributed by atoms with Crippen molar-refractivity contribution in [1.29, 1.82) is 0 Å². The molecule has 0 spiro atoms. The van der Waals surface area contributed by atoms with Crippen molar-refractivity contribution in [1.82, 2.24) is 19.9 Å². The topological polar surface area (TPSA) is 51.6 Å². The molecule has 0 radical (unpaired) electrons. The monoisotopic (exact) mass is 300 g/mol. The van der Waals surface area contributed by atoms with E-state index in [4.69, 9.17) is 23.2 Å². The summed E-state index contributed by atoms with van der Waals surface area (Å²) in [6.07, 6.45) is -3.49. The fraction of sp³-hybridized carbons (Fsp3) is 0.143. The van der Waals surface area contributed by atoms with Gasteiger partial charge in [-0.2, -0.15) is 28.1 Å². The van der Waals surface area contributed by atoms with Gasteiger partial charge in [0.2, 0.25) is 10.6 Å². The predicted molar refractivity (Wildman–Crippen MR) is 56.0 cm³/mol. The summed E-state index contributed by atoms with van der Waals surface area (Å²) in [5, 5.41) is -1.37.